The van der Waals surface area contributed by atoms with Gasteiger partial charge in [-0.1, -0.05) is 102 Å². The number of benzene rings is 4. The lowest BCUT2D eigenvalue weighted by Gasteiger charge is -2.39. The Morgan fingerprint density at radius 2 is 1.32 bits per heavy atom. The summed E-state index contributed by atoms with van der Waals surface area (Å²) < 4.78 is 3.55. The number of fused-ring (bicyclic) bond motifs is 2. The van der Waals surface area contributed by atoms with Crippen molar-refractivity contribution in [3.63, 3.8) is 0 Å². The van der Waals surface area contributed by atoms with Crippen LogP contribution in [-0.4, -0.2) is 6.35 Å². The minimum absolute atomic E-state index is 1.17. The molecule has 2 heterocycles. The fraction of sp³-hybridized carbons (Fsp3) is 0.0345. The standard InChI is InChI=1S/C29H23BO/c1-22-13-17-27(18-14-22)30(26-10-3-2-4-11-26)29(21-28-12-7-19-31(28)30)25-16-15-23-8-5-6-9-24(23)20-25/h2-21H,1H3. The van der Waals surface area contributed by atoms with Gasteiger partial charge in [0.05, 0.1) is 0 Å². The third kappa shape index (κ3) is 2.65. The molecule has 0 spiro atoms. The van der Waals surface area contributed by atoms with E-state index in [1.165, 1.54) is 44.1 Å². The Kier molecular flexibility index (Phi) is 4.01. The van der Waals surface area contributed by atoms with Crippen LogP contribution in [0.5, 0.6) is 0 Å². The van der Waals surface area contributed by atoms with Gasteiger partial charge in [0.15, 0.2) is 12.0 Å². The van der Waals surface area contributed by atoms with Crippen molar-refractivity contribution < 1.29 is 3.96 Å². The number of furan rings is 1. The Balaban J connectivity index is 1.69. The Morgan fingerprint density at radius 1 is 0.613 bits per heavy atom. The zero-order chi connectivity index (χ0) is 20.8. The molecule has 31 heavy (non-hydrogen) atoms. The third-order valence-corrected chi connectivity index (χ3v) is 6.77. The smallest absolute Gasteiger partial charge is 0.420 e. The maximum Gasteiger partial charge on any atom is 0.420 e. The highest BCUT2D eigenvalue weighted by Gasteiger charge is 2.49. The molecule has 1 atom stereocenters. The van der Waals surface area contributed by atoms with E-state index in [1.807, 2.05) is 0 Å². The van der Waals surface area contributed by atoms with Crippen LogP contribution in [0.1, 0.15) is 16.9 Å². The van der Waals surface area contributed by atoms with Gasteiger partial charge in [-0.3, -0.25) is 0 Å². The summed E-state index contributed by atoms with van der Waals surface area (Å²) in [6.45, 7) is 2.15. The molecule has 0 bridgehead atoms. The Hall–Kier alpha value is -3.78. The lowest BCUT2D eigenvalue weighted by atomic mass is 9.27. The molecule has 0 fully saturated rings. The maximum atomic E-state index is 3.55. The van der Waals surface area contributed by atoms with E-state index >= 15 is 0 Å². The minimum Gasteiger partial charge on any atom is -0.777 e. The van der Waals surface area contributed by atoms with Crippen molar-refractivity contribution in [1.29, 1.82) is 0 Å². The van der Waals surface area contributed by atoms with Crippen LogP contribution in [0.3, 0.4) is 0 Å². The molecule has 0 aliphatic carbocycles. The average molecular weight is 398 g/mol. The van der Waals surface area contributed by atoms with Gasteiger partial charge in [-0.25, -0.2) is 0 Å². The second-order valence-electron chi connectivity index (χ2n) is 8.54. The lowest BCUT2D eigenvalue weighted by molar-refractivity contribution is 0.377. The predicted octanol–water partition coefficient (Wildman–Crippen LogP) is 6.13. The fourth-order valence-electron chi connectivity index (χ4n) is 5.31. The monoisotopic (exact) mass is 398 g/mol. The van der Waals surface area contributed by atoms with Gasteiger partial charge in [-0.15, -0.1) is 10.9 Å². The van der Waals surface area contributed by atoms with Crippen LogP contribution < -0.4 is 10.9 Å². The topological polar surface area (TPSA) is 2.70 Å². The van der Waals surface area contributed by atoms with Crippen LogP contribution in [0.4, 0.5) is 0 Å². The van der Waals surface area contributed by atoms with Gasteiger partial charge in [0, 0.05) is 18.2 Å². The van der Waals surface area contributed by atoms with Gasteiger partial charge in [0.1, 0.15) is 0 Å². The molecule has 1 aliphatic rings. The lowest BCUT2D eigenvalue weighted by Crippen LogP contribution is -2.59. The molecule has 0 amide bonds. The summed E-state index contributed by atoms with van der Waals surface area (Å²) in [5.41, 5.74) is 6.47. The van der Waals surface area contributed by atoms with Crippen LogP contribution in [0.2, 0.25) is 0 Å². The molecule has 0 N–H and O–H groups in total. The SMILES string of the molecule is Cc1ccc([B-]2(c3ccccc3)C(c3ccc4ccccc4c3)=Cc3ccc[o+]32)cc1. The summed E-state index contributed by atoms with van der Waals surface area (Å²) in [7, 11) is 0. The maximum absolute atomic E-state index is 3.55. The van der Waals surface area contributed by atoms with Gasteiger partial charge < -0.3 is 3.96 Å². The Bertz CT molecular complexity index is 1430. The van der Waals surface area contributed by atoms with Crippen molar-refractivity contribution in [3.8, 4) is 0 Å². The first-order valence-corrected chi connectivity index (χ1v) is 10.9. The van der Waals surface area contributed by atoms with Gasteiger partial charge in [0.2, 0.25) is 0 Å². The molecular formula is C29H23BO. The summed E-state index contributed by atoms with van der Waals surface area (Å²) in [6, 6.07) is 39.7. The molecule has 0 saturated carbocycles. The zero-order valence-corrected chi connectivity index (χ0v) is 17.5. The van der Waals surface area contributed by atoms with Crippen LogP contribution in [0.15, 0.2) is 119 Å². The molecule has 4 aromatic carbocycles. The number of hydrogen-bond acceptors (Lipinski definition) is 0. The van der Waals surface area contributed by atoms with Crippen LogP contribution in [-0.2, 0) is 0 Å². The molecule has 6 rings (SSSR count). The zero-order valence-electron chi connectivity index (χ0n) is 17.5. The highest BCUT2D eigenvalue weighted by molar-refractivity contribution is 7.12. The molecule has 1 aliphatic heterocycles. The quantitative estimate of drug-likeness (QED) is 0.254. The number of aryl methyl sites for hydroxylation is 1. The Labute approximate surface area is 182 Å². The second kappa shape index (κ2) is 6.89. The second-order valence-corrected chi connectivity index (χ2v) is 8.54. The van der Waals surface area contributed by atoms with E-state index in [0.29, 0.717) is 0 Å². The normalized spacial score (nSPS) is 17.5. The largest absolute Gasteiger partial charge is 0.777 e. The van der Waals surface area contributed by atoms with E-state index in [4.69, 9.17) is 0 Å². The first-order chi connectivity index (χ1) is 15.3. The van der Waals surface area contributed by atoms with E-state index in [0.717, 1.165) is 0 Å². The van der Waals surface area contributed by atoms with Crippen molar-refractivity contribution in [1.82, 2.24) is 0 Å². The van der Waals surface area contributed by atoms with Gasteiger partial charge in [0.25, 0.3) is 0 Å². The molecule has 1 unspecified atom stereocenters. The number of rotatable bonds is 3. The number of hydrogen-bond donors (Lipinski definition) is 0. The van der Waals surface area contributed by atoms with Crippen molar-refractivity contribution in [2.45, 2.75) is 6.92 Å². The predicted molar refractivity (Wildman–Crippen MR) is 133 cm³/mol. The Morgan fingerprint density at radius 3 is 2.13 bits per heavy atom. The summed E-state index contributed by atoms with van der Waals surface area (Å²) in [5, 5.41) is 2.54. The van der Waals surface area contributed by atoms with E-state index in [1.54, 1.807) is 0 Å². The summed E-state index contributed by atoms with van der Waals surface area (Å²) >= 11 is 0. The average Bonchev–Trinajstić information content (AvgIpc) is 3.41. The van der Waals surface area contributed by atoms with E-state index in [2.05, 4.69) is 132 Å². The van der Waals surface area contributed by atoms with Crippen LogP contribution in [0.25, 0.3) is 22.3 Å². The van der Waals surface area contributed by atoms with Crippen molar-refractivity contribution in [3.05, 3.63) is 132 Å². The highest BCUT2D eigenvalue weighted by atomic mass is 16.5. The first kappa shape index (κ1) is 18.0. The molecule has 0 radical (unpaired) electrons. The molecular weight excluding hydrogens is 375 g/mol. The van der Waals surface area contributed by atoms with Gasteiger partial charge in [-0.05, 0) is 29.3 Å². The van der Waals surface area contributed by atoms with E-state index < -0.39 is 6.35 Å². The fourth-order valence-corrected chi connectivity index (χ4v) is 5.31. The van der Waals surface area contributed by atoms with E-state index in [-0.39, 0.29) is 0 Å². The summed E-state index contributed by atoms with van der Waals surface area (Å²) in [6.07, 6.45) is 3.10. The highest BCUT2D eigenvalue weighted by Crippen LogP contribution is 2.42. The molecule has 0 saturated heterocycles. The van der Waals surface area contributed by atoms with Crippen molar-refractivity contribution in [2.75, 3.05) is 0 Å². The van der Waals surface area contributed by atoms with Gasteiger partial charge >= 0.3 is 6.35 Å². The molecule has 1 nitrogen and oxygen atoms in total. The molecule has 5 aromatic rings. The van der Waals surface area contributed by atoms with E-state index in [9.17, 15) is 0 Å². The van der Waals surface area contributed by atoms with Crippen molar-refractivity contribution in [2.24, 2.45) is 0 Å². The van der Waals surface area contributed by atoms with Crippen molar-refractivity contribution >= 4 is 39.6 Å². The van der Waals surface area contributed by atoms with Crippen LogP contribution >= 0.6 is 0 Å². The molecule has 148 valence electrons. The summed E-state index contributed by atoms with van der Waals surface area (Å²) in [4.78, 5) is 0. The van der Waals surface area contributed by atoms with Crippen LogP contribution in [0, 0.1) is 6.92 Å². The third-order valence-electron chi connectivity index (χ3n) is 6.77. The first-order valence-electron chi connectivity index (χ1n) is 10.9. The summed E-state index contributed by atoms with van der Waals surface area (Å²) in [5.74, 6) is 1.17. The molecule has 2 heteroatoms. The minimum atomic E-state index is -1.41. The van der Waals surface area contributed by atoms with Gasteiger partial charge in [-0.2, -0.15) is 0 Å². The molecule has 1 aromatic heterocycles.